The molecule has 1 fully saturated rings. The van der Waals surface area contributed by atoms with Gasteiger partial charge in [-0.2, -0.15) is 0 Å². The lowest BCUT2D eigenvalue weighted by Gasteiger charge is -2.32. The Hall–Kier alpha value is -1.88. The first kappa shape index (κ1) is 15.5. The zero-order valence-corrected chi connectivity index (χ0v) is 12.9. The van der Waals surface area contributed by atoms with Gasteiger partial charge in [0.15, 0.2) is 0 Å². The molecule has 1 aliphatic heterocycles. The van der Waals surface area contributed by atoms with Crippen molar-refractivity contribution in [2.24, 2.45) is 5.92 Å². The van der Waals surface area contributed by atoms with E-state index in [1.807, 2.05) is 18.7 Å². The molecule has 5 nitrogen and oxygen atoms in total. The highest BCUT2D eigenvalue weighted by molar-refractivity contribution is 5.97. The Morgan fingerprint density at radius 2 is 1.81 bits per heavy atom. The standard InChI is InChI=1S/C16H23N3O2/c1-12(2)15(20)17-14-6-4-5-13(11-14)16(21)19-9-7-18(3)8-10-19/h4-6,11-12H,7-10H2,1-3H3,(H,17,20). The Kier molecular flexibility index (Phi) is 4.96. The van der Waals surface area contributed by atoms with Crippen LogP contribution in [0.3, 0.4) is 0 Å². The van der Waals surface area contributed by atoms with E-state index in [-0.39, 0.29) is 17.7 Å². The number of likely N-dealkylation sites (N-methyl/N-ethyl adjacent to an activating group) is 1. The molecule has 114 valence electrons. The third-order valence-electron chi connectivity index (χ3n) is 3.69. The van der Waals surface area contributed by atoms with Crippen LogP contribution < -0.4 is 5.32 Å². The number of carbonyl (C=O) groups excluding carboxylic acids is 2. The minimum atomic E-state index is -0.0815. The Bertz CT molecular complexity index is 520. The first-order valence-electron chi connectivity index (χ1n) is 7.36. The van der Waals surface area contributed by atoms with Crippen LogP contribution in [0.4, 0.5) is 5.69 Å². The maximum Gasteiger partial charge on any atom is 0.254 e. The van der Waals surface area contributed by atoms with Crippen molar-refractivity contribution in [1.29, 1.82) is 0 Å². The fourth-order valence-electron chi connectivity index (χ4n) is 2.21. The molecule has 21 heavy (non-hydrogen) atoms. The predicted molar refractivity (Wildman–Crippen MR) is 83.3 cm³/mol. The van der Waals surface area contributed by atoms with E-state index in [0.29, 0.717) is 11.3 Å². The van der Waals surface area contributed by atoms with Crippen molar-refractivity contribution in [3.8, 4) is 0 Å². The van der Waals surface area contributed by atoms with E-state index in [4.69, 9.17) is 0 Å². The van der Waals surface area contributed by atoms with E-state index in [9.17, 15) is 9.59 Å². The second kappa shape index (κ2) is 6.72. The van der Waals surface area contributed by atoms with Crippen molar-refractivity contribution in [2.75, 3.05) is 38.5 Å². The number of benzene rings is 1. The summed E-state index contributed by atoms with van der Waals surface area (Å²) in [6, 6.07) is 7.16. The van der Waals surface area contributed by atoms with Gasteiger partial charge in [0.1, 0.15) is 0 Å². The first-order chi connectivity index (χ1) is 9.97. The lowest BCUT2D eigenvalue weighted by atomic mass is 10.1. The molecule has 2 amide bonds. The van der Waals surface area contributed by atoms with Crippen LogP contribution >= 0.6 is 0 Å². The fraction of sp³-hybridized carbons (Fsp3) is 0.500. The minimum Gasteiger partial charge on any atom is -0.336 e. The zero-order chi connectivity index (χ0) is 15.4. The molecule has 2 rings (SSSR count). The van der Waals surface area contributed by atoms with Gasteiger partial charge in [-0.1, -0.05) is 19.9 Å². The zero-order valence-electron chi connectivity index (χ0n) is 12.9. The molecule has 0 spiro atoms. The monoisotopic (exact) mass is 289 g/mol. The van der Waals surface area contributed by atoms with Crippen molar-refractivity contribution >= 4 is 17.5 Å². The number of nitrogens with zero attached hydrogens (tertiary/aromatic N) is 2. The Morgan fingerprint density at radius 1 is 1.14 bits per heavy atom. The van der Waals surface area contributed by atoms with Crippen molar-refractivity contribution in [2.45, 2.75) is 13.8 Å². The molecule has 0 radical (unpaired) electrons. The van der Waals surface area contributed by atoms with Gasteiger partial charge in [0.2, 0.25) is 5.91 Å². The molecule has 5 heteroatoms. The molecule has 0 aliphatic carbocycles. The largest absolute Gasteiger partial charge is 0.336 e. The summed E-state index contributed by atoms with van der Waals surface area (Å²) in [5.74, 6) is -0.0927. The summed E-state index contributed by atoms with van der Waals surface area (Å²) in [4.78, 5) is 28.3. The van der Waals surface area contributed by atoms with Gasteiger partial charge >= 0.3 is 0 Å². The minimum absolute atomic E-state index is 0.0312. The van der Waals surface area contributed by atoms with Crippen molar-refractivity contribution in [3.05, 3.63) is 29.8 Å². The molecule has 1 N–H and O–H groups in total. The number of nitrogens with one attached hydrogen (secondary N) is 1. The lowest BCUT2D eigenvalue weighted by molar-refractivity contribution is -0.118. The van der Waals surface area contributed by atoms with Crippen LogP contribution in [0, 0.1) is 5.92 Å². The molecule has 0 unspecified atom stereocenters. The smallest absolute Gasteiger partial charge is 0.254 e. The van der Waals surface area contributed by atoms with E-state index in [2.05, 4.69) is 17.3 Å². The first-order valence-corrected chi connectivity index (χ1v) is 7.36. The Morgan fingerprint density at radius 3 is 2.43 bits per heavy atom. The van der Waals surface area contributed by atoms with E-state index in [1.165, 1.54) is 0 Å². The fourth-order valence-corrected chi connectivity index (χ4v) is 2.21. The highest BCUT2D eigenvalue weighted by Gasteiger charge is 2.20. The summed E-state index contributed by atoms with van der Waals surface area (Å²) in [5.41, 5.74) is 1.30. The lowest BCUT2D eigenvalue weighted by Crippen LogP contribution is -2.47. The maximum atomic E-state index is 12.5. The molecular formula is C16H23N3O2. The van der Waals surface area contributed by atoms with Crippen molar-refractivity contribution in [1.82, 2.24) is 9.80 Å². The number of rotatable bonds is 3. The normalized spacial score (nSPS) is 16.1. The van der Waals surface area contributed by atoms with Gasteiger partial charge in [-0.05, 0) is 25.2 Å². The van der Waals surface area contributed by atoms with Gasteiger partial charge in [0, 0.05) is 43.3 Å². The van der Waals surface area contributed by atoms with Crippen LogP contribution in [0.1, 0.15) is 24.2 Å². The highest BCUT2D eigenvalue weighted by Crippen LogP contribution is 2.15. The van der Waals surface area contributed by atoms with Gasteiger partial charge in [0.25, 0.3) is 5.91 Å². The molecule has 0 saturated carbocycles. The maximum absolute atomic E-state index is 12.5. The molecule has 1 aromatic rings. The number of amides is 2. The van der Waals surface area contributed by atoms with Gasteiger partial charge in [0.05, 0.1) is 0 Å². The molecule has 1 aromatic carbocycles. The number of carbonyl (C=O) groups is 2. The van der Waals surface area contributed by atoms with Gasteiger partial charge in [-0.25, -0.2) is 0 Å². The second-order valence-electron chi connectivity index (χ2n) is 5.82. The molecule has 0 aromatic heterocycles. The molecular weight excluding hydrogens is 266 g/mol. The van der Waals surface area contributed by atoms with Gasteiger partial charge < -0.3 is 15.1 Å². The topological polar surface area (TPSA) is 52.7 Å². The van der Waals surface area contributed by atoms with E-state index in [0.717, 1.165) is 26.2 Å². The summed E-state index contributed by atoms with van der Waals surface area (Å²) < 4.78 is 0. The molecule has 0 atom stereocenters. The van der Waals surface area contributed by atoms with Gasteiger partial charge in [-0.3, -0.25) is 9.59 Å². The van der Waals surface area contributed by atoms with Gasteiger partial charge in [-0.15, -0.1) is 0 Å². The number of piperazine rings is 1. The summed E-state index contributed by atoms with van der Waals surface area (Å²) in [6.07, 6.45) is 0. The predicted octanol–water partition coefficient (Wildman–Crippen LogP) is 1.67. The summed E-state index contributed by atoms with van der Waals surface area (Å²) in [7, 11) is 2.06. The Balaban J connectivity index is 2.06. The second-order valence-corrected chi connectivity index (χ2v) is 5.82. The summed E-state index contributed by atoms with van der Waals surface area (Å²) in [5, 5.41) is 2.83. The van der Waals surface area contributed by atoms with Crippen LogP contribution in [0.2, 0.25) is 0 Å². The van der Waals surface area contributed by atoms with Crippen LogP contribution in [0.5, 0.6) is 0 Å². The third kappa shape index (κ3) is 4.04. The summed E-state index contributed by atoms with van der Waals surface area (Å²) in [6.45, 7) is 6.98. The quantitative estimate of drug-likeness (QED) is 0.921. The average molecular weight is 289 g/mol. The van der Waals surface area contributed by atoms with E-state index < -0.39 is 0 Å². The highest BCUT2D eigenvalue weighted by atomic mass is 16.2. The van der Waals surface area contributed by atoms with E-state index >= 15 is 0 Å². The molecule has 0 bridgehead atoms. The number of anilines is 1. The molecule has 1 heterocycles. The third-order valence-corrected chi connectivity index (χ3v) is 3.69. The number of hydrogen-bond acceptors (Lipinski definition) is 3. The van der Waals surface area contributed by atoms with Crippen LogP contribution in [0.15, 0.2) is 24.3 Å². The summed E-state index contributed by atoms with van der Waals surface area (Å²) >= 11 is 0. The van der Waals surface area contributed by atoms with Crippen molar-refractivity contribution < 1.29 is 9.59 Å². The van der Waals surface area contributed by atoms with E-state index in [1.54, 1.807) is 24.3 Å². The van der Waals surface area contributed by atoms with Crippen molar-refractivity contribution in [3.63, 3.8) is 0 Å². The van der Waals surface area contributed by atoms with Crippen LogP contribution in [0.25, 0.3) is 0 Å². The average Bonchev–Trinajstić information content (AvgIpc) is 2.47. The molecule has 1 aliphatic rings. The van der Waals surface area contributed by atoms with Crippen LogP contribution in [-0.2, 0) is 4.79 Å². The molecule has 1 saturated heterocycles. The number of hydrogen-bond donors (Lipinski definition) is 1. The SMILES string of the molecule is CC(C)C(=O)Nc1cccc(C(=O)N2CCN(C)CC2)c1. The van der Waals surface area contributed by atoms with Crippen LogP contribution in [-0.4, -0.2) is 54.8 Å². The Labute approximate surface area is 125 Å².